The zero-order valence-corrected chi connectivity index (χ0v) is 8.38. The Kier molecular flexibility index (Phi) is 2.59. The van der Waals surface area contributed by atoms with Gasteiger partial charge in [-0.05, 0) is 29.8 Å². The molecule has 0 spiro atoms. The fraction of sp³-hybridized carbons (Fsp3) is 0.111. The van der Waals surface area contributed by atoms with Crippen molar-refractivity contribution in [1.82, 2.24) is 9.97 Å². The van der Waals surface area contributed by atoms with Gasteiger partial charge in [0.25, 0.3) is 0 Å². The third kappa shape index (κ3) is 2.16. The predicted octanol–water partition coefficient (Wildman–Crippen LogP) is 3.41. The molecule has 2 aromatic rings. The van der Waals surface area contributed by atoms with Gasteiger partial charge in [-0.3, -0.25) is 0 Å². The van der Waals surface area contributed by atoms with Crippen LogP contribution in [-0.4, -0.2) is 9.97 Å². The van der Waals surface area contributed by atoms with E-state index in [1.807, 2.05) is 0 Å². The largest absolute Gasteiger partial charge is 0.463 e. The topological polar surface area (TPSA) is 38.9 Å². The van der Waals surface area contributed by atoms with Gasteiger partial charge in [0.05, 0.1) is 6.26 Å². The highest BCUT2D eigenvalue weighted by molar-refractivity contribution is 6.28. The molecule has 84 valence electrons. The van der Waals surface area contributed by atoms with Gasteiger partial charge in [-0.15, -0.1) is 0 Å². The molecule has 0 aliphatic rings. The normalized spacial score (nSPS) is 11.8. The van der Waals surface area contributed by atoms with Gasteiger partial charge < -0.3 is 4.42 Å². The Hall–Kier alpha value is -1.56. The fourth-order valence-electron chi connectivity index (χ4n) is 1.11. The van der Waals surface area contributed by atoms with E-state index in [-0.39, 0.29) is 11.5 Å². The molecule has 16 heavy (non-hydrogen) atoms. The summed E-state index contributed by atoms with van der Waals surface area (Å²) in [7, 11) is 0. The van der Waals surface area contributed by atoms with E-state index in [9.17, 15) is 13.2 Å². The summed E-state index contributed by atoms with van der Waals surface area (Å²) in [5.74, 6) is 0.204. The number of hydrogen-bond donors (Lipinski definition) is 0. The zero-order valence-electron chi connectivity index (χ0n) is 7.62. The molecule has 3 nitrogen and oxygen atoms in total. The van der Waals surface area contributed by atoms with Crippen LogP contribution >= 0.6 is 11.6 Å². The lowest BCUT2D eigenvalue weighted by Gasteiger charge is -2.06. The third-order valence-electron chi connectivity index (χ3n) is 1.76. The molecule has 0 bridgehead atoms. The van der Waals surface area contributed by atoms with Crippen molar-refractivity contribution in [3.8, 4) is 11.5 Å². The second-order valence-electron chi connectivity index (χ2n) is 2.88. The van der Waals surface area contributed by atoms with Crippen LogP contribution in [0.3, 0.4) is 0 Å². The molecule has 2 rings (SSSR count). The second kappa shape index (κ2) is 3.79. The highest BCUT2D eigenvalue weighted by atomic mass is 35.5. The zero-order chi connectivity index (χ0) is 11.8. The minimum Gasteiger partial charge on any atom is -0.463 e. The number of rotatable bonds is 1. The predicted molar refractivity (Wildman–Crippen MR) is 49.7 cm³/mol. The van der Waals surface area contributed by atoms with Crippen molar-refractivity contribution in [3.63, 3.8) is 0 Å². The minimum absolute atomic E-state index is 0.00248. The van der Waals surface area contributed by atoms with Crippen LogP contribution in [0.5, 0.6) is 0 Å². The fourth-order valence-corrected chi connectivity index (χ4v) is 1.30. The monoisotopic (exact) mass is 248 g/mol. The molecule has 0 amide bonds. The van der Waals surface area contributed by atoms with E-state index in [0.717, 1.165) is 6.07 Å². The van der Waals surface area contributed by atoms with E-state index in [0.29, 0.717) is 0 Å². The van der Waals surface area contributed by atoms with Crippen LogP contribution in [0.25, 0.3) is 11.5 Å². The third-order valence-corrected chi connectivity index (χ3v) is 1.93. The van der Waals surface area contributed by atoms with Gasteiger partial charge in [0, 0.05) is 0 Å². The number of halogens is 4. The summed E-state index contributed by atoms with van der Waals surface area (Å²) in [6.45, 7) is 0. The summed E-state index contributed by atoms with van der Waals surface area (Å²) in [4.78, 5) is 6.75. The number of furan rings is 1. The van der Waals surface area contributed by atoms with E-state index >= 15 is 0 Å². The molecule has 0 fully saturated rings. The first kappa shape index (κ1) is 10.9. The smallest absolute Gasteiger partial charge is 0.433 e. The number of alkyl halides is 3. The van der Waals surface area contributed by atoms with Gasteiger partial charge in [0.1, 0.15) is 11.4 Å². The Morgan fingerprint density at radius 1 is 1.25 bits per heavy atom. The Balaban J connectivity index is 2.53. The van der Waals surface area contributed by atoms with Gasteiger partial charge in [0.15, 0.2) is 5.76 Å². The van der Waals surface area contributed by atoms with E-state index in [1.165, 1.54) is 12.3 Å². The van der Waals surface area contributed by atoms with Crippen LogP contribution < -0.4 is 0 Å². The average molecular weight is 249 g/mol. The Labute approximate surface area is 92.9 Å². The molecular weight excluding hydrogens is 245 g/mol. The van der Waals surface area contributed by atoms with Crippen LogP contribution in [-0.2, 0) is 6.18 Å². The van der Waals surface area contributed by atoms with E-state index in [2.05, 4.69) is 9.97 Å². The lowest BCUT2D eigenvalue weighted by Crippen LogP contribution is -2.09. The van der Waals surface area contributed by atoms with Crippen molar-refractivity contribution in [2.75, 3.05) is 0 Å². The molecule has 0 saturated carbocycles. The van der Waals surface area contributed by atoms with Gasteiger partial charge >= 0.3 is 6.18 Å². The SMILES string of the molecule is FC(F)(F)c1cc(-c2ccco2)nc(Cl)n1. The summed E-state index contributed by atoms with van der Waals surface area (Å²) < 4.78 is 42.2. The van der Waals surface area contributed by atoms with Crippen LogP contribution in [0, 0.1) is 0 Å². The molecule has 0 atom stereocenters. The first-order chi connectivity index (χ1) is 7.47. The van der Waals surface area contributed by atoms with Gasteiger partial charge in [-0.25, -0.2) is 9.97 Å². The van der Waals surface area contributed by atoms with Crippen molar-refractivity contribution in [1.29, 1.82) is 0 Å². The molecule has 0 aliphatic heterocycles. The van der Waals surface area contributed by atoms with Gasteiger partial charge in [-0.2, -0.15) is 13.2 Å². The summed E-state index contributed by atoms with van der Waals surface area (Å²) >= 11 is 5.41. The van der Waals surface area contributed by atoms with Crippen LogP contribution in [0.2, 0.25) is 5.28 Å². The van der Waals surface area contributed by atoms with Crippen molar-refractivity contribution in [2.24, 2.45) is 0 Å². The molecule has 0 aliphatic carbocycles. The van der Waals surface area contributed by atoms with Gasteiger partial charge in [0.2, 0.25) is 5.28 Å². The molecule has 0 unspecified atom stereocenters. The molecule has 0 radical (unpaired) electrons. The van der Waals surface area contributed by atoms with E-state index < -0.39 is 17.2 Å². The number of aromatic nitrogens is 2. The lowest BCUT2D eigenvalue weighted by molar-refractivity contribution is -0.141. The average Bonchev–Trinajstić information content (AvgIpc) is 2.68. The summed E-state index contributed by atoms with van der Waals surface area (Å²) in [5.41, 5.74) is -1.10. The van der Waals surface area contributed by atoms with E-state index in [4.69, 9.17) is 16.0 Å². The van der Waals surface area contributed by atoms with E-state index in [1.54, 1.807) is 6.07 Å². The first-order valence-corrected chi connectivity index (χ1v) is 4.50. The quantitative estimate of drug-likeness (QED) is 0.726. The standard InChI is InChI=1S/C9H4ClF3N2O/c10-8-14-5(6-2-1-3-16-6)4-7(15-8)9(11,12)13/h1-4H. The van der Waals surface area contributed by atoms with Crippen molar-refractivity contribution in [2.45, 2.75) is 6.18 Å². The molecule has 2 heterocycles. The van der Waals surface area contributed by atoms with Gasteiger partial charge in [-0.1, -0.05) is 0 Å². The van der Waals surface area contributed by atoms with Crippen LogP contribution in [0.1, 0.15) is 5.69 Å². The summed E-state index contributed by atoms with van der Waals surface area (Å²) in [5, 5.41) is -0.471. The van der Waals surface area contributed by atoms with Crippen LogP contribution in [0.4, 0.5) is 13.2 Å². The minimum atomic E-state index is -4.56. The Morgan fingerprint density at radius 2 is 2.00 bits per heavy atom. The number of hydrogen-bond acceptors (Lipinski definition) is 3. The highest BCUT2D eigenvalue weighted by Crippen LogP contribution is 2.30. The van der Waals surface area contributed by atoms with Crippen LogP contribution in [0.15, 0.2) is 28.9 Å². The van der Waals surface area contributed by atoms with Crippen molar-refractivity contribution in [3.05, 3.63) is 35.4 Å². The molecule has 2 aromatic heterocycles. The second-order valence-corrected chi connectivity index (χ2v) is 3.22. The maximum absolute atomic E-state index is 12.4. The molecule has 0 saturated heterocycles. The molecule has 7 heteroatoms. The maximum atomic E-state index is 12.4. The molecule has 0 N–H and O–H groups in total. The number of nitrogens with zero attached hydrogens (tertiary/aromatic N) is 2. The summed E-state index contributed by atoms with van der Waals surface area (Å²) in [6, 6.07) is 3.81. The lowest BCUT2D eigenvalue weighted by atomic mass is 10.2. The Morgan fingerprint density at radius 3 is 2.56 bits per heavy atom. The van der Waals surface area contributed by atoms with Crippen molar-refractivity contribution >= 4 is 11.6 Å². The van der Waals surface area contributed by atoms with Crippen molar-refractivity contribution < 1.29 is 17.6 Å². The summed E-state index contributed by atoms with van der Waals surface area (Å²) in [6.07, 6.45) is -3.23. The molecular formula is C9H4ClF3N2O. The maximum Gasteiger partial charge on any atom is 0.433 e. The first-order valence-electron chi connectivity index (χ1n) is 4.12. The highest BCUT2D eigenvalue weighted by Gasteiger charge is 2.33. The Bertz CT molecular complexity index is 496. The molecule has 0 aromatic carbocycles.